The lowest BCUT2D eigenvalue weighted by molar-refractivity contribution is -0.124. The molecular formula is C13H18N2O4. The Hall–Kier alpha value is -2.24. The molecule has 3 N–H and O–H groups in total. The van der Waals surface area contributed by atoms with Crippen LogP contribution in [-0.2, 0) is 9.53 Å². The van der Waals surface area contributed by atoms with Crippen LogP contribution in [0.4, 0.5) is 5.69 Å². The number of esters is 1. The molecule has 1 aromatic rings. The van der Waals surface area contributed by atoms with Gasteiger partial charge in [-0.2, -0.15) is 0 Å². The standard InChI is InChI=1S/C13H18N2O4/c1-3-7-15-11(16)8-19-13(17)9-5-4-6-10(14)12(9)18-2/h4-6H,3,7-8,14H2,1-2H3,(H,15,16). The zero-order valence-corrected chi connectivity index (χ0v) is 11.1. The van der Waals surface area contributed by atoms with Gasteiger partial charge in [-0.3, -0.25) is 4.79 Å². The van der Waals surface area contributed by atoms with Gasteiger partial charge in [-0.15, -0.1) is 0 Å². The Morgan fingerprint density at radius 3 is 2.74 bits per heavy atom. The maximum atomic E-state index is 11.8. The highest BCUT2D eigenvalue weighted by Gasteiger charge is 2.16. The number of benzene rings is 1. The summed E-state index contributed by atoms with van der Waals surface area (Å²) in [7, 11) is 1.41. The fourth-order valence-corrected chi connectivity index (χ4v) is 1.47. The summed E-state index contributed by atoms with van der Waals surface area (Å²) >= 11 is 0. The van der Waals surface area contributed by atoms with Crippen LogP contribution in [0.2, 0.25) is 0 Å². The first-order valence-electron chi connectivity index (χ1n) is 5.96. The van der Waals surface area contributed by atoms with Crippen molar-refractivity contribution in [2.24, 2.45) is 0 Å². The van der Waals surface area contributed by atoms with Crippen LogP contribution in [0.1, 0.15) is 23.7 Å². The van der Waals surface area contributed by atoms with E-state index in [2.05, 4.69) is 5.32 Å². The molecule has 6 nitrogen and oxygen atoms in total. The van der Waals surface area contributed by atoms with Gasteiger partial charge in [0.25, 0.3) is 5.91 Å². The van der Waals surface area contributed by atoms with Crippen molar-refractivity contribution in [1.29, 1.82) is 0 Å². The van der Waals surface area contributed by atoms with Crippen LogP contribution in [0, 0.1) is 0 Å². The van der Waals surface area contributed by atoms with E-state index in [4.69, 9.17) is 15.2 Å². The van der Waals surface area contributed by atoms with Gasteiger partial charge >= 0.3 is 5.97 Å². The van der Waals surface area contributed by atoms with Gasteiger partial charge in [0.1, 0.15) is 5.56 Å². The van der Waals surface area contributed by atoms with Crippen molar-refractivity contribution in [3.8, 4) is 5.75 Å². The second-order valence-corrected chi connectivity index (χ2v) is 3.85. The maximum absolute atomic E-state index is 11.8. The van der Waals surface area contributed by atoms with E-state index in [1.165, 1.54) is 13.2 Å². The number of nitrogens with two attached hydrogens (primary N) is 1. The molecule has 0 fully saturated rings. The number of rotatable bonds is 6. The number of amides is 1. The summed E-state index contributed by atoms with van der Waals surface area (Å²) in [5, 5.41) is 2.61. The number of ether oxygens (including phenoxy) is 2. The molecule has 0 spiro atoms. The third kappa shape index (κ3) is 4.17. The Labute approximate surface area is 111 Å². The predicted octanol–water partition coefficient (Wildman–Crippen LogP) is 0.960. The van der Waals surface area contributed by atoms with Crippen LogP contribution >= 0.6 is 0 Å². The van der Waals surface area contributed by atoms with Crippen molar-refractivity contribution in [2.75, 3.05) is 26.0 Å². The Kier molecular flexibility index (Phi) is 5.66. The molecule has 1 rings (SSSR count). The fourth-order valence-electron chi connectivity index (χ4n) is 1.47. The molecule has 0 saturated carbocycles. The highest BCUT2D eigenvalue weighted by molar-refractivity contribution is 5.95. The molecule has 104 valence electrons. The molecule has 0 aliphatic heterocycles. The molecule has 0 aromatic heterocycles. The molecule has 0 radical (unpaired) electrons. The minimum Gasteiger partial charge on any atom is -0.494 e. The number of carbonyl (C=O) groups excluding carboxylic acids is 2. The summed E-state index contributed by atoms with van der Waals surface area (Å²) in [6.45, 7) is 2.17. The Balaban J connectivity index is 2.64. The first kappa shape index (κ1) is 14.8. The summed E-state index contributed by atoms with van der Waals surface area (Å²) in [5.74, 6) is -0.727. The van der Waals surface area contributed by atoms with Crippen LogP contribution in [0.3, 0.4) is 0 Å². The predicted molar refractivity (Wildman–Crippen MR) is 71.0 cm³/mol. The average molecular weight is 266 g/mol. The quantitative estimate of drug-likeness (QED) is 0.591. The summed E-state index contributed by atoms with van der Waals surface area (Å²) in [5.41, 5.74) is 6.22. The van der Waals surface area contributed by atoms with E-state index in [0.29, 0.717) is 12.2 Å². The Morgan fingerprint density at radius 2 is 2.11 bits per heavy atom. The molecule has 1 aromatic carbocycles. The van der Waals surface area contributed by atoms with Gasteiger partial charge in [0.2, 0.25) is 0 Å². The molecule has 0 atom stereocenters. The van der Waals surface area contributed by atoms with E-state index in [9.17, 15) is 9.59 Å². The first-order valence-corrected chi connectivity index (χ1v) is 5.96. The Bertz CT molecular complexity index is 460. The normalized spacial score (nSPS) is 9.79. The van der Waals surface area contributed by atoms with Gasteiger partial charge in [-0.05, 0) is 18.6 Å². The topological polar surface area (TPSA) is 90.7 Å². The smallest absolute Gasteiger partial charge is 0.342 e. The fraction of sp³-hybridized carbons (Fsp3) is 0.385. The van der Waals surface area contributed by atoms with Gasteiger partial charge in [0.15, 0.2) is 12.4 Å². The highest BCUT2D eigenvalue weighted by atomic mass is 16.5. The zero-order chi connectivity index (χ0) is 14.3. The molecule has 0 bridgehead atoms. The van der Waals surface area contributed by atoms with Gasteiger partial charge in [0.05, 0.1) is 12.8 Å². The third-order valence-electron chi connectivity index (χ3n) is 2.38. The van der Waals surface area contributed by atoms with E-state index in [0.717, 1.165) is 6.42 Å². The number of nitrogens with one attached hydrogen (secondary N) is 1. The second kappa shape index (κ2) is 7.25. The number of para-hydroxylation sites is 1. The van der Waals surface area contributed by atoms with E-state index >= 15 is 0 Å². The van der Waals surface area contributed by atoms with Gasteiger partial charge in [0, 0.05) is 6.54 Å². The van der Waals surface area contributed by atoms with E-state index in [1.54, 1.807) is 12.1 Å². The van der Waals surface area contributed by atoms with E-state index < -0.39 is 5.97 Å². The SMILES string of the molecule is CCCNC(=O)COC(=O)c1cccc(N)c1OC. The van der Waals surface area contributed by atoms with Gasteiger partial charge < -0.3 is 20.5 Å². The highest BCUT2D eigenvalue weighted by Crippen LogP contribution is 2.26. The van der Waals surface area contributed by atoms with Gasteiger partial charge in [-0.1, -0.05) is 13.0 Å². The maximum Gasteiger partial charge on any atom is 0.342 e. The summed E-state index contributed by atoms with van der Waals surface area (Å²) in [6, 6.07) is 4.76. The van der Waals surface area contributed by atoms with E-state index in [-0.39, 0.29) is 23.8 Å². The van der Waals surface area contributed by atoms with Crippen LogP contribution in [-0.4, -0.2) is 32.1 Å². The van der Waals surface area contributed by atoms with Crippen molar-refractivity contribution >= 4 is 17.6 Å². The molecule has 0 unspecified atom stereocenters. The van der Waals surface area contributed by atoms with Crippen molar-refractivity contribution in [3.05, 3.63) is 23.8 Å². The van der Waals surface area contributed by atoms with E-state index in [1.807, 2.05) is 6.92 Å². The number of carbonyl (C=O) groups is 2. The minimum atomic E-state index is -0.643. The van der Waals surface area contributed by atoms with Crippen LogP contribution in [0.25, 0.3) is 0 Å². The van der Waals surface area contributed by atoms with Crippen LogP contribution < -0.4 is 15.8 Å². The summed E-state index contributed by atoms with van der Waals surface area (Å²) < 4.78 is 9.94. The third-order valence-corrected chi connectivity index (χ3v) is 2.38. The summed E-state index contributed by atoms with van der Waals surface area (Å²) in [6.07, 6.45) is 0.822. The van der Waals surface area contributed by atoms with Crippen molar-refractivity contribution in [3.63, 3.8) is 0 Å². The molecule has 6 heteroatoms. The van der Waals surface area contributed by atoms with Gasteiger partial charge in [-0.25, -0.2) is 4.79 Å². The molecule has 0 aliphatic carbocycles. The summed E-state index contributed by atoms with van der Waals surface area (Å²) in [4.78, 5) is 23.1. The molecule has 0 saturated heterocycles. The van der Waals surface area contributed by atoms with Crippen molar-refractivity contribution in [2.45, 2.75) is 13.3 Å². The number of hydrogen-bond donors (Lipinski definition) is 2. The second-order valence-electron chi connectivity index (χ2n) is 3.85. The molecule has 19 heavy (non-hydrogen) atoms. The van der Waals surface area contributed by atoms with Crippen LogP contribution in [0.15, 0.2) is 18.2 Å². The average Bonchev–Trinajstić information content (AvgIpc) is 2.42. The first-order chi connectivity index (χ1) is 9.10. The molecular weight excluding hydrogens is 248 g/mol. The monoisotopic (exact) mass is 266 g/mol. The number of anilines is 1. The largest absolute Gasteiger partial charge is 0.494 e. The minimum absolute atomic E-state index is 0.200. The van der Waals surface area contributed by atoms with Crippen molar-refractivity contribution < 1.29 is 19.1 Å². The molecule has 0 heterocycles. The number of hydrogen-bond acceptors (Lipinski definition) is 5. The molecule has 0 aliphatic rings. The van der Waals surface area contributed by atoms with Crippen LogP contribution in [0.5, 0.6) is 5.75 Å². The lowest BCUT2D eigenvalue weighted by Crippen LogP contribution is -2.29. The lowest BCUT2D eigenvalue weighted by Gasteiger charge is -2.10. The lowest BCUT2D eigenvalue weighted by atomic mass is 10.2. The molecule has 1 amide bonds. The number of nitrogen functional groups attached to an aromatic ring is 1. The van der Waals surface area contributed by atoms with Crippen molar-refractivity contribution in [1.82, 2.24) is 5.32 Å². The Morgan fingerprint density at radius 1 is 1.37 bits per heavy atom. The number of methoxy groups -OCH3 is 1. The zero-order valence-electron chi connectivity index (χ0n) is 11.1.